The smallest absolute Gasteiger partial charge is 0.272 e. The molecular formula is C21H26N6O. The molecule has 7 nitrogen and oxygen atoms in total. The molecule has 0 unspecified atom stereocenters. The van der Waals surface area contributed by atoms with Crippen molar-refractivity contribution in [2.75, 3.05) is 44.2 Å². The lowest BCUT2D eigenvalue weighted by molar-refractivity contribution is 0.0949. The summed E-state index contributed by atoms with van der Waals surface area (Å²) in [6.07, 6.45) is 5.79. The standard InChI is InChI=1S/C21H26N6O/c28-21(20-18-7-1-2-8-19(18)24-25-20)23-10-3-4-11-26-12-14-27(15-13-26)17-6-5-9-22-16-17/h1-2,5-9,16H,3-4,10-15H2,(H,23,28)(H,24,25). The van der Waals surface area contributed by atoms with Gasteiger partial charge in [-0.05, 0) is 37.6 Å². The molecule has 7 heteroatoms. The Morgan fingerprint density at radius 3 is 2.75 bits per heavy atom. The van der Waals surface area contributed by atoms with Gasteiger partial charge in [0, 0.05) is 44.3 Å². The molecule has 1 saturated heterocycles. The Labute approximate surface area is 164 Å². The van der Waals surface area contributed by atoms with Gasteiger partial charge in [0.1, 0.15) is 0 Å². The molecule has 0 aliphatic carbocycles. The number of nitrogens with zero attached hydrogens (tertiary/aromatic N) is 4. The van der Waals surface area contributed by atoms with E-state index >= 15 is 0 Å². The number of pyridine rings is 1. The number of para-hydroxylation sites is 1. The molecule has 1 aliphatic rings. The molecule has 146 valence electrons. The lowest BCUT2D eigenvalue weighted by Gasteiger charge is -2.35. The maximum absolute atomic E-state index is 12.3. The van der Waals surface area contributed by atoms with Crippen LogP contribution in [0.15, 0.2) is 48.8 Å². The second-order valence-electron chi connectivity index (χ2n) is 7.12. The number of aromatic amines is 1. The molecule has 1 aliphatic heterocycles. The Hall–Kier alpha value is -2.93. The van der Waals surface area contributed by atoms with E-state index in [1.807, 2.05) is 42.7 Å². The Morgan fingerprint density at radius 2 is 1.93 bits per heavy atom. The third-order valence-corrected chi connectivity index (χ3v) is 5.26. The number of carbonyl (C=O) groups is 1. The van der Waals surface area contributed by atoms with Crippen molar-refractivity contribution < 1.29 is 4.79 Å². The SMILES string of the molecule is O=C(NCCCCN1CCN(c2cccnc2)CC1)c1n[nH]c2ccccc12. The van der Waals surface area contributed by atoms with E-state index in [1.54, 1.807) is 0 Å². The maximum Gasteiger partial charge on any atom is 0.272 e. The number of piperazine rings is 1. The Morgan fingerprint density at radius 1 is 1.07 bits per heavy atom. The van der Waals surface area contributed by atoms with E-state index in [1.165, 1.54) is 5.69 Å². The topological polar surface area (TPSA) is 77.2 Å². The molecule has 1 aromatic carbocycles. The van der Waals surface area contributed by atoms with Gasteiger partial charge in [-0.1, -0.05) is 18.2 Å². The predicted octanol–water partition coefficient (Wildman–Crippen LogP) is 2.29. The van der Waals surface area contributed by atoms with Crippen LogP contribution in [0.5, 0.6) is 0 Å². The summed E-state index contributed by atoms with van der Waals surface area (Å²) in [6, 6.07) is 11.8. The zero-order valence-electron chi connectivity index (χ0n) is 16.0. The minimum absolute atomic E-state index is 0.109. The first-order valence-corrected chi connectivity index (χ1v) is 9.90. The summed E-state index contributed by atoms with van der Waals surface area (Å²) in [7, 11) is 0. The normalized spacial score (nSPS) is 15.1. The first-order chi connectivity index (χ1) is 13.8. The van der Waals surface area contributed by atoms with Gasteiger partial charge in [0.15, 0.2) is 5.69 Å². The third kappa shape index (κ3) is 4.31. The van der Waals surface area contributed by atoms with Crippen LogP contribution in [0.4, 0.5) is 5.69 Å². The second-order valence-corrected chi connectivity index (χ2v) is 7.12. The number of benzene rings is 1. The minimum atomic E-state index is -0.109. The third-order valence-electron chi connectivity index (χ3n) is 5.26. The summed E-state index contributed by atoms with van der Waals surface area (Å²) >= 11 is 0. The molecule has 0 radical (unpaired) electrons. The minimum Gasteiger partial charge on any atom is -0.368 e. The van der Waals surface area contributed by atoms with E-state index in [2.05, 4.69) is 36.4 Å². The quantitative estimate of drug-likeness (QED) is 0.617. The van der Waals surface area contributed by atoms with Crippen molar-refractivity contribution in [2.24, 2.45) is 0 Å². The number of aromatic nitrogens is 3. The zero-order chi connectivity index (χ0) is 19.2. The number of anilines is 1. The first-order valence-electron chi connectivity index (χ1n) is 9.90. The van der Waals surface area contributed by atoms with Crippen molar-refractivity contribution in [3.05, 3.63) is 54.5 Å². The van der Waals surface area contributed by atoms with Crippen LogP contribution in [0, 0.1) is 0 Å². The fraction of sp³-hybridized carbons (Fsp3) is 0.381. The summed E-state index contributed by atoms with van der Waals surface area (Å²) in [4.78, 5) is 21.4. The monoisotopic (exact) mass is 378 g/mol. The molecule has 0 bridgehead atoms. The van der Waals surface area contributed by atoms with E-state index in [9.17, 15) is 4.79 Å². The summed E-state index contributed by atoms with van der Waals surface area (Å²) < 4.78 is 0. The lowest BCUT2D eigenvalue weighted by atomic mass is 10.2. The largest absolute Gasteiger partial charge is 0.368 e. The van der Waals surface area contributed by atoms with Crippen LogP contribution in [0.25, 0.3) is 10.9 Å². The van der Waals surface area contributed by atoms with Gasteiger partial charge in [-0.25, -0.2) is 0 Å². The fourth-order valence-corrected chi connectivity index (χ4v) is 3.65. The highest BCUT2D eigenvalue weighted by atomic mass is 16.1. The number of rotatable bonds is 7. The summed E-state index contributed by atoms with van der Waals surface area (Å²) in [5.74, 6) is -0.109. The fourth-order valence-electron chi connectivity index (χ4n) is 3.65. The van der Waals surface area contributed by atoms with Gasteiger partial charge in [0.05, 0.1) is 17.4 Å². The van der Waals surface area contributed by atoms with Crippen molar-refractivity contribution in [1.29, 1.82) is 0 Å². The second kappa shape index (κ2) is 8.84. The molecule has 0 spiro atoms. The molecule has 3 aromatic rings. The molecular weight excluding hydrogens is 352 g/mol. The highest BCUT2D eigenvalue weighted by molar-refractivity contribution is 6.04. The van der Waals surface area contributed by atoms with E-state index in [0.29, 0.717) is 12.2 Å². The number of amides is 1. The molecule has 4 rings (SSSR count). The number of nitrogens with one attached hydrogen (secondary N) is 2. The first kappa shape index (κ1) is 18.4. The number of hydrogen-bond acceptors (Lipinski definition) is 5. The van der Waals surface area contributed by atoms with Gasteiger partial charge < -0.3 is 10.2 Å². The van der Waals surface area contributed by atoms with Gasteiger partial charge in [-0.3, -0.25) is 19.8 Å². The Bertz CT molecular complexity index is 901. The van der Waals surface area contributed by atoms with Gasteiger partial charge in [0.25, 0.3) is 5.91 Å². The molecule has 2 N–H and O–H groups in total. The molecule has 2 aromatic heterocycles. The van der Waals surface area contributed by atoms with Crippen LogP contribution in [-0.2, 0) is 0 Å². The number of fused-ring (bicyclic) bond motifs is 1. The van der Waals surface area contributed by atoms with E-state index < -0.39 is 0 Å². The molecule has 0 saturated carbocycles. The van der Waals surface area contributed by atoms with Crippen molar-refractivity contribution in [3.63, 3.8) is 0 Å². The molecule has 1 amide bonds. The Balaban J connectivity index is 1.14. The predicted molar refractivity (Wildman–Crippen MR) is 111 cm³/mol. The van der Waals surface area contributed by atoms with Crippen LogP contribution in [0.2, 0.25) is 0 Å². The summed E-state index contributed by atoms with van der Waals surface area (Å²) in [5, 5.41) is 10.9. The van der Waals surface area contributed by atoms with Gasteiger partial charge in [-0.15, -0.1) is 0 Å². The van der Waals surface area contributed by atoms with E-state index in [-0.39, 0.29) is 5.91 Å². The Kier molecular flexibility index (Phi) is 5.82. The number of carbonyl (C=O) groups excluding carboxylic acids is 1. The van der Waals surface area contributed by atoms with Gasteiger partial charge in [-0.2, -0.15) is 5.10 Å². The van der Waals surface area contributed by atoms with Crippen molar-refractivity contribution in [1.82, 2.24) is 25.4 Å². The highest BCUT2D eigenvalue weighted by Crippen LogP contribution is 2.15. The maximum atomic E-state index is 12.3. The lowest BCUT2D eigenvalue weighted by Crippen LogP contribution is -2.46. The van der Waals surface area contributed by atoms with E-state index in [0.717, 1.165) is 56.5 Å². The summed E-state index contributed by atoms with van der Waals surface area (Å²) in [6.45, 7) is 5.96. The van der Waals surface area contributed by atoms with Crippen molar-refractivity contribution in [3.8, 4) is 0 Å². The van der Waals surface area contributed by atoms with Gasteiger partial charge >= 0.3 is 0 Å². The van der Waals surface area contributed by atoms with E-state index in [4.69, 9.17) is 0 Å². The number of hydrogen-bond donors (Lipinski definition) is 2. The van der Waals surface area contributed by atoms with Crippen LogP contribution in [-0.4, -0.2) is 65.3 Å². The summed E-state index contributed by atoms with van der Waals surface area (Å²) in [5.41, 5.74) is 2.57. The van der Waals surface area contributed by atoms with Crippen LogP contribution < -0.4 is 10.2 Å². The zero-order valence-corrected chi connectivity index (χ0v) is 16.0. The van der Waals surface area contributed by atoms with Crippen molar-refractivity contribution >= 4 is 22.5 Å². The average molecular weight is 378 g/mol. The highest BCUT2D eigenvalue weighted by Gasteiger charge is 2.17. The number of H-pyrrole nitrogens is 1. The molecule has 28 heavy (non-hydrogen) atoms. The number of unbranched alkanes of at least 4 members (excludes halogenated alkanes) is 1. The van der Waals surface area contributed by atoms with Crippen LogP contribution in [0.3, 0.4) is 0 Å². The van der Waals surface area contributed by atoms with Crippen molar-refractivity contribution in [2.45, 2.75) is 12.8 Å². The molecule has 3 heterocycles. The molecule has 0 atom stereocenters. The molecule has 1 fully saturated rings. The average Bonchev–Trinajstić information content (AvgIpc) is 3.19. The van der Waals surface area contributed by atoms with Gasteiger partial charge in [0.2, 0.25) is 0 Å². The van der Waals surface area contributed by atoms with Crippen LogP contribution >= 0.6 is 0 Å². The van der Waals surface area contributed by atoms with Crippen LogP contribution in [0.1, 0.15) is 23.3 Å².